The van der Waals surface area contributed by atoms with E-state index in [1.807, 2.05) is 62.6 Å². The summed E-state index contributed by atoms with van der Waals surface area (Å²) in [6.45, 7) is 8.27. The number of aryl methyl sites for hydroxylation is 1. The first-order valence-electron chi connectivity index (χ1n) is 9.40. The normalized spacial score (nSPS) is 12.9. The van der Waals surface area contributed by atoms with Crippen molar-refractivity contribution in [3.05, 3.63) is 53.1 Å². The molecule has 0 saturated heterocycles. The molecule has 1 N–H and O–H groups in total. The molecule has 1 heterocycles. The minimum absolute atomic E-state index is 0.474. The van der Waals surface area contributed by atoms with Crippen molar-refractivity contribution in [3.8, 4) is 5.75 Å². The topological polar surface area (TPSA) is 64.4 Å². The Kier molecular flexibility index (Phi) is 6.44. The second-order valence-electron chi connectivity index (χ2n) is 7.96. The molecule has 1 atom stereocenters. The van der Waals surface area contributed by atoms with Crippen LogP contribution in [0.5, 0.6) is 5.75 Å². The van der Waals surface area contributed by atoms with Gasteiger partial charge in [-0.05, 0) is 48.2 Å². The lowest BCUT2D eigenvalue weighted by Crippen LogP contribution is -2.32. The van der Waals surface area contributed by atoms with Crippen molar-refractivity contribution in [1.82, 2.24) is 9.55 Å². The maximum absolute atomic E-state index is 12.2. The van der Waals surface area contributed by atoms with Crippen molar-refractivity contribution in [1.29, 1.82) is 0 Å². The Morgan fingerprint density at radius 1 is 1.24 bits per heavy atom. The van der Waals surface area contributed by atoms with Crippen LogP contribution in [-0.2, 0) is 4.79 Å². The van der Waals surface area contributed by atoms with E-state index in [1.54, 1.807) is 12.1 Å². The summed E-state index contributed by atoms with van der Waals surface area (Å²) in [6, 6.07) is 12.4. The number of aromatic nitrogens is 2. The molecule has 3 rings (SSSR count). The number of imidazole rings is 1. The fourth-order valence-corrected chi connectivity index (χ4v) is 4.25. The Hall–Kier alpha value is -2.18. The number of ether oxygens (including phenoxy) is 1. The van der Waals surface area contributed by atoms with Crippen LogP contribution in [0.1, 0.15) is 32.4 Å². The summed E-state index contributed by atoms with van der Waals surface area (Å²) in [5, 5.41) is 11.3. The van der Waals surface area contributed by atoms with E-state index in [0.717, 1.165) is 22.3 Å². The maximum Gasteiger partial charge on any atom is 0.327 e. The summed E-state index contributed by atoms with van der Waals surface area (Å²) in [7, 11) is 0. The third kappa shape index (κ3) is 4.87. The van der Waals surface area contributed by atoms with Crippen LogP contribution in [0.2, 0.25) is 5.02 Å². The average Bonchev–Trinajstić information content (AvgIpc) is 2.98. The minimum atomic E-state index is -0.863. The Labute approximate surface area is 180 Å². The van der Waals surface area contributed by atoms with Gasteiger partial charge in [-0.3, -0.25) is 0 Å². The molecule has 2 aromatic carbocycles. The number of halogens is 1. The van der Waals surface area contributed by atoms with Gasteiger partial charge in [-0.2, -0.15) is 0 Å². The van der Waals surface area contributed by atoms with Crippen molar-refractivity contribution < 1.29 is 14.6 Å². The van der Waals surface area contributed by atoms with E-state index in [9.17, 15) is 9.90 Å². The molecular weight excluding hydrogens is 408 g/mol. The highest BCUT2D eigenvalue weighted by molar-refractivity contribution is 7.99. The van der Waals surface area contributed by atoms with Crippen LogP contribution in [0.25, 0.3) is 11.0 Å². The predicted molar refractivity (Wildman–Crippen MR) is 118 cm³/mol. The van der Waals surface area contributed by atoms with Gasteiger partial charge in [-0.1, -0.05) is 56.3 Å². The number of fused-ring (bicyclic) bond motifs is 1. The van der Waals surface area contributed by atoms with E-state index in [2.05, 4.69) is 0 Å². The zero-order valence-corrected chi connectivity index (χ0v) is 18.5. The number of aliphatic carboxylic acids is 1. The van der Waals surface area contributed by atoms with Crippen LogP contribution in [0.15, 0.2) is 47.6 Å². The van der Waals surface area contributed by atoms with Gasteiger partial charge in [0.05, 0.1) is 17.6 Å². The number of hydrogen-bond donors (Lipinski definition) is 1. The number of para-hydroxylation sites is 1. The first-order valence-corrected chi connectivity index (χ1v) is 10.8. The molecule has 0 radical (unpaired) electrons. The van der Waals surface area contributed by atoms with Crippen molar-refractivity contribution in [2.45, 2.75) is 38.9 Å². The summed E-state index contributed by atoms with van der Waals surface area (Å²) >= 11 is 7.40. The van der Waals surface area contributed by atoms with Crippen molar-refractivity contribution in [3.63, 3.8) is 0 Å². The first kappa shape index (κ1) is 21.5. The van der Waals surface area contributed by atoms with Crippen molar-refractivity contribution in [2.24, 2.45) is 5.41 Å². The lowest BCUT2D eigenvalue weighted by molar-refractivity contribution is -0.144. The lowest BCUT2D eigenvalue weighted by Gasteiger charge is -2.29. The summed E-state index contributed by atoms with van der Waals surface area (Å²) in [4.78, 5) is 16.9. The number of nitrogens with zero attached hydrogens (tertiary/aromatic N) is 2. The van der Waals surface area contributed by atoms with E-state index in [0.29, 0.717) is 22.5 Å². The van der Waals surface area contributed by atoms with Crippen LogP contribution in [0.3, 0.4) is 0 Å². The minimum Gasteiger partial charge on any atom is -0.493 e. The number of thioether (sulfide) groups is 1. The highest BCUT2D eigenvalue weighted by atomic mass is 35.5. The maximum atomic E-state index is 12.2. The molecular formula is C22H25ClN2O3S. The molecule has 154 valence electrons. The van der Waals surface area contributed by atoms with Gasteiger partial charge in [0, 0.05) is 10.8 Å². The predicted octanol–water partition coefficient (Wildman–Crippen LogP) is 5.84. The molecule has 0 aliphatic carbocycles. The van der Waals surface area contributed by atoms with Crippen LogP contribution in [-0.4, -0.2) is 33.0 Å². The molecule has 0 amide bonds. The molecule has 0 fully saturated rings. The Balaban J connectivity index is 1.87. The molecule has 7 heteroatoms. The zero-order valence-electron chi connectivity index (χ0n) is 17.0. The molecule has 0 saturated carbocycles. The number of carbonyl (C=O) groups is 1. The molecule has 0 spiro atoms. The summed E-state index contributed by atoms with van der Waals surface area (Å²) < 4.78 is 7.62. The number of carboxylic acids is 1. The van der Waals surface area contributed by atoms with Gasteiger partial charge in [-0.15, -0.1) is 0 Å². The molecule has 0 aliphatic rings. The molecule has 0 bridgehead atoms. The molecule has 3 aromatic rings. The standard InChI is InChI=1S/C22H25ClN2O3S/c1-14-6-5-7-17-18(14)24-21(25(17)19(20(26)27)22(2,3)4)29-13-12-28-16-10-8-15(23)9-11-16/h5-11,19H,12-13H2,1-4H3,(H,26,27). The lowest BCUT2D eigenvalue weighted by atomic mass is 9.86. The second kappa shape index (κ2) is 8.67. The van der Waals surface area contributed by atoms with E-state index in [-0.39, 0.29) is 0 Å². The van der Waals surface area contributed by atoms with E-state index < -0.39 is 17.4 Å². The Bertz CT molecular complexity index is 1010. The summed E-state index contributed by atoms with van der Waals surface area (Å²) in [5.74, 6) is 0.525. The van der Waals surface area contributed by atoms with Crippen molar-refractivity contribution >= 4 is 40.4 Å². The van der Waals surface area contributed by atoms with Gasteiger partial charge in [0.15, 0.2) is 5.16 Å². The first-order chi connectivity index (χ1) is 13.7. The molecule has 29 heavy (non-hydrogen) atoms. The van der Waals surface area contributed by atoms with E-state index in [1.165, 1.54) is 11.8 Å². The largest absolute Gasteiger partial charge is 0.493 e. The van der Waals surface area contributed by atoms with Crippen LogP contribution in [0.4, 0.5) is 0 Å². The highest BCUT2D eigenvalue weighted by Crippen LogP contribution is 2.38. The van der Waals surface area contributed by atoms with E-state index in [4.69, 9.17) is 21.3 Å². The fourth-order valence-electron chi connectivity index (χ4n) is 3.28. The van der Waals surface area contributed by atoms with Crippen LogP contribution in [0, 0.1) is 12.3 Å². The van der Waals surface area contributed by atoms with E-state index >= 15 is 0 Å². The van der Waals surface area contributed by atoms with Crippen LogP contribution < -0.4 is 4.74 Å². The van der Waals surface area contributed by atoms with Gasteiger partial charge in [0.25, 0.3) is 0 Å². The highest BCUT2D eigenvalue weighted by Gasteiger charge is 2.36. The molecule has 1 aromatic heterocycles. The second-order valence-corrected chi connectivity index (χ2v) is 9.46. The number of benzene rings is 2. The molecule has 5 nitrogen and oxygen atoms in total. The smallest absolute Gasteiger partial charge is 0.327 e. The van der Waals surface area contributed by atoms with Gasteiger partial charge in [0.1, 0.15) is 11.8 Å². The molecule has 0 aliphatic heterocycles. The Morgan fingerprint density at radius 3 is 2.55 bits per heavy atom. The Morgan fingerprint density at radius 2 is 1.93 bits per heavy atom. The summed E-state index contributed by atoms with van der Waals surface area (Å²) in [6.07, 6.45) is 0. The van der Waals surface area contributed by atoms with Crippen molar-refractivity contribution in [2.75, 3.05) is 12.4 Å². The molecule has 1 unspecified atom stereocenters. The third-order valence-corrected chi connectivity index (χ3v) is 5.77. The van der Waals surface area contributed by atoms with Gasteiger partial charge < -0.3 is 14.4 Å². The van der Waals surface area contributed by atoms with Gasteiger partial charge in [-0.25, -0.2) is 9.78 Å². The van der Waals surface area contributed by atoms with Crippen LogP contribution >= 0.6 is 23.4 Å². The fraction of sp³-hybridized carbons (Fsp3) is 0.364. The van der Waals surface area contributed by atoms with Gasteiger partial charge >= 0.3 is 5.97 Å². The monoisotopic (exact) mass is 432 g/mol. The quantitative estimate of drug-likeness (QED) is 0.375. The van der Waals surface area contributed by atoms with Gasteiger partial charge in [0.2, 0.25) is 0 Å². The number of hydrogen-bond acceptors (Lipinski definition) is 4. The SMILES string of the molecule is Cc1cccc2c1nc(SCCOc1ccc(Cl)cc1)n2C(C(=O)O)C(C)(C)C. The third-order valence-electron chi connectivity index (χ3n) is 4.60. The number of carboxylic acid groups (broad SMARTS) is 1. The number of rotatable bonds is 7. The average molecular weight is 433 g/mol. The zero-order chi connectivity index (χ0) is 21.2. The summed E-state index contributed by atoms with van der Waals surface area (Å²) in [5.41, 5.74) is 2.23.